The Morgan fingerprint density at radius 3 is 2.90 bits per heavy atom. The Morgan fingerprint density at radius 1 is 1.55 bits per heavy atom. The number of guanidine groups is 1. The van der Waals surface area contributed by atoms with E-state index in [0.717, 1.165) is 23.2 Å². The normalized spacial score (nSPS) is 11.7. The van der Waals surface area contributed by atoms with Gasteiger partial charge in [-0.25, -0.2) is 4.98 Å². The third-order valence-corrected chi connectivity index (χ3v) is 4.05. The summed E-state index contributed by atoms with van der Waals surface area (Å²) in [6, 6.07) is 4.17. The zero-order valence-corrected chi connectivity index (χ0v) is 13.2. The van der Waals surface area contributed by atoms with Gasteiger partial charge in [0.1, 0.15) is 5.01 Å². The summed E-state index contributed by atoms with van der Waals surface area (Å²) >= 11 is 1.67. The summed E-state index contributed by atoms with van der Waals surface area (Å²) in [5.41, 5.74) is 2.32. The van der Waals surface area contributed by atoms with E-state index in [2.05, 4.69) is 55.5 Å². The molecule has 0 aromatic carbocycles. The Bertz CT molecular complexity index is 584. The van der Waals surface area contributed by atoms with E-state index >= 15 is 0 Å². The molecular formula is C14H21N5S. The number of aryl methyl sites for hydroxylation is 2. The molecule has 2 heterocycles. The van der Waals surface area contributed by atoms with E-state index in [0.29, 0.717) is 6.54 Å². The Balaban J connectivity index is 1.93. The average Bonchev–Trinajstić information content (AvgIpc) is 3.00. The van der Waals surface area contributed by atoms with Crippen molar-refractivity contribution >= 4 is 17.3 Å². The number of hydrogen-bond donors (Lipinski definition) is 1. The molecule has 0 atom stereocenters. The second-order valence-electron chi connectivity index (χ2n) is 4.75. The second kappa shape index (κ2) is 6.56. The molecule has 0 unspecified atom stereocenters. The van der Waals surface area contributed by atoms with Crippen LogP contribution in [0.25, 0.3) is 0 Å². The molecule has 0 radical (unpaired) electrons. The minimum Gasteiger partial charge on any atom is -0.353 e. The predicted octanol–water partition coefficient (Wildman–Crippen LogP) is 2.00. The largest absolute Gasteiger partial charge is 0.353 e. The lowest BCUT2D eigenvalue weighted by Crippen LogP contribution is -2.38. The third-order valence-electron chi connectivity index (χ3n) is 3.09. The Morgan fingerprint density at radius 2 is 2.35 bits per heavy atom. The molecule has 2 rings (SSSR count). The maximum atomic E-state index is 4.44. The molecular weight excluding hydrogens is 270 g/mol. The first-order valence-corrected chi connectivity index (χ1v) is 7.41. The molecule has 5 nitrogen and oxygen atoms in total. The molecule has 0 fully saturated rings. The lowest BCUT2D eigenvalue weighted by molar-refractivity contribution is 0.461. The van der Waals surface area contributed by atoms with Crippen LogP contribution < -0.4 is 5.32 Å². The highest BCUT2D eigenvalue weighted by Crippen LogP contribution is 2.08. The summed E-state index contributed by atoms with van der Waals surface area (Å²) in [6.45, 7) is 3.54. The molecule has 0 amide bonds. The van der Waals surface area contributed by atoms with Crippen LogP contribution in [0.1, 0.15) is 16.4 Å². The van der Waals surface area contributed by atoms with Crippen LogP contribution in [0.3, 0.4) is 0 Å². The Labute approximate surface area is 124 Å². The van der Waals surface area contributed by atoms with E-state index < -0.39 is 0 Å². The molecule has 6 heteroatoms. The maximum absolute atomic E-state index is 4.44. The molecule has 0 aliphatic carbocycles. The van der Waals surface area contributed by atoms with Gasteiger partial charge in [0.15, 0.2) is 5.96 Å². The smallest absolute Gasteiger partial charge is 0.194 e. The molecule has 0 saturated heterocycles. The van der Waals surface area contributed by atoms with Gasteiger partial charge in [0.25, 0.3) is 0 Å². The minimum absolute atomic E-state index is 0.711. The van der Waals surface area contributed by atoms with E-state index in [4.69, 9.17) is 0 Å². The minimum atomic E-state index is 0.711. The van der Waals surface area contributed by atoms with Gasteiger partial charge in [-0.15, -0.1) is 11.3 Å². The average molecular weight is 291 g/mol. The van der Waals surface area contributed by atoms with Crippen molar-refractivity contribution in [1.82, 2.24) is 19.8 Å². The molecule has 1 N–H and O–H groups in total. The van der Waals surface area contributed by atoms with Gasteiger partial charge in [-0.2, -0.15) is 0 Å². The summed E-state index contributed by atoms with van der Waals surface area (Å²) in [5, 5.41) is 6.49. The molecule has 0 aliphatic rings. The lowest BCUT2D eigenvalue weighted by Gasteiger charge is -2.22. The van der Waals surface area contributed by atoms with E-state index in [1.54, 1.807) is 18.4 Å². The summed E-state index contributed by atoms with van der Waals surface area (Å²) in [4.78, 5) is 10.9. The number of nitrogens with one attached hydrogen (secondary N) is 1. The first kappa shape index (κ1) is 14.6. The standard InChI is InChI=1S/C14H21N5S/c1-11-10-20-13(17-11)8-16-14(15-2)19(4)9-12-6-5-7-18(12)3/h5-7,10H,8-9H2,1-4H3,(H,15,16). The van der Waals surface area contributed by atoms with Gasteiger partial charge in [0.05, 0.1) is 13.1 Å². The topological polar surface area (TPSA) is 45.5 Å². The van der Waals surface area contributed by atoms with Crippen LogP contribution in [0.2, 0.25) is 0 Å². The van der Waals surface area contributed by atoms with Crippen LogP contribution >= 0.6 is 11.3 Å². The predicted molar refractivity (Wildman–Crippen MR) is 83.9 cm³/mol. The maximum Gasteiger partial charge on any atom is 0.194 e. The number of hydrogen-bond acceptors (Lipinski definition) is 3. The monoisotopic (exact) mass is 291 g/mol. The van der Waals surface area contributed by atoms with Crippen LogP contribution in [0.15, 0.2) is 28.7 Å². The van der Waals surface area contributed by atoms with E-state index in [-0.39, 0.29) is 0 Å². The van der Waals surface area contributed by atoms with E-state index in [9.17, 15) is 0 Å². The van der Waals surface area contributed by atoms with Crippen molar-refractivity contribution in [2.45, 2.75) is 20.0 Å². The van der Waals surface area contributed by atoms with Crippen LogP contribution in [-0.2, 0) is 20.1 Å². The van der Waals surface area contributed by atoms with Crippen molar-refractivity contribution in [3.05, 3.63) is 40.1 Å². The zero-order valence-electron chi connectivity index (χ0n) is 12.4. The van der Waals surface area contributed by atoms with Crippen LogP contribution in [-0.4, -0.2) is 34.5 Å². The highest BCUT2D eigenvalue weighted by Gasteiger charge is 2.09. The summed E-state index contributed by atoms with van der Waals surface area (Å²) in [6.07, 6.45) is 2.05. The fourth-order valence-electron chi connectivity index (χ4n) is 2.00. The zero-order chi connectivity index (χ0) is 14.5. The number of thiazole rings is 1. The summed E-state index contributed by atoms with van der Waals surface area (Å²) in [7, 11) is 5.89. The van der Waals surface area contributed by atoms with Crippen molar-refractivity contribution in [2.75, 3.05) is 14.1 Å². The molecule has 2 aromatic heterocycles. The van der Waals surface area contributed by atoms with Crippen LogP contribution in [0.4, 0.5) is 0 Å². The molecule has 108 valence electrons. The van der Waals surface area contributed by atoms with Gasteiger partial charge >= 0.3 is 0 Å². The Kier molecular flexibility index (Phi) is 4.79. The van der Waals surface area contributed by atoms with Gasteiger partial charge in [0.2, 0.25) is 0 Å². The quantitative estimate of drug-likeness (QED) is 0.692. The molecule has 2 aromatic rings. The number of aliphatic imine (C=N–C) groups is 1. The molecule has 0 aliphatic heterocycles. The van der Waals surface area contributed by atoms with Gasteiger partial charge in [-0.05, 0) is 19.1 Å². The Hall–Kier alpha value is -1.82. The van der Waals surface area contributed by atoms with E-state index in [1.807, 2.05) is 14.0 Å². The highest BCUT2D eigenvalue weighted by molar-refractivity contribution is 7.09. The van der Waals surface area contributed by atoms with Crippen molar-refractivity contribution in [1.29, 1.82) is 0 Å². The SMILES string of the molecule is CN=C(NCc1nc(C)cs1)N(C)Cc1cccn1C. The number of rotatable bonds is 4. The van der Waals surface area contributed by atoms with Crippen molar-refractivity contribution in [2.24, 2.45) is 12.0 Å². The van der Waals surface area contributed by atoms with Gasteiger partial charge in [0, 0.05) is 44.1 Å². The molecule has 20 heavy (non-hydrogen) atoms. The lowest BCUT2D eigenvalue weighted by atomic mass is 10.4. The van der Waals surface area contributed by atoms with Crippen molar-refractivity contribution in [3.63, 3.8) is 0 Å². The van der Waals surface area contributed by atoms with Crippen LogP contribution in [0.5, 0.6) is 0 Å². The van der Waals surface area contributed by atoms with E-state index in [1.165, 1.54) is 5.69 Å². The molecule has 0 bridgehead atoms. The van der Waals surface area contributed by atoms with Crippen LogP contribution in [0, 0.1) is 6.92 Å². The second-order valence-corrected chi connectivity index (χ2v) is 5.69. The number of aromatic nitrogens is 2. The third kappa shape index (κ3) is 3.60. The van der Waals surface area contributed by atoms with Crippen molar-refractivity contribution in [3.8, 4) is 0 Å². The molecule has 0 saturated carbocycles. The fourth-order valence-corrected chi connectivity index (χ4v) is 2.71. The first-order valence-electron chi connectivity index (χ1n) is 6.53. The van der Waals surface area contributed by atoms with Gasteiger partial charge < -0.3 is 14.8 Å². The molecule has 0 spiro atoms. The fraction of sp³-hybridized carbons (Fsp3) is 0.429. The first-order chi connectivity index (χ1) is 9.60. The van der Waals surface area contributed by atoms with Gasteiger partial charge in [-0.1, -0.05) is 0 Å². The van der Waals surface area contributed by atoms with Gasteiger partial charge in [-0.3, -0.25) is 4.99 Å². The van der Waals surface area contributed by atoms with Crippen molar-refractivity contribution < 1.29 is 0 Å². The summed E-state index contributed by atoms with van der Waals surface area (Å²) in [5.74, 6) is 0.874. The number of nitrogens with zero attached hydrogens (tertiary/aromatic N) is 4. The highest BCUT2D eigenvalue weighted by atomic mass is 32.1. The summed E-state index contributed by atoms with van der Waals surface area (Å²) < 4.78 is 2.12.